The van der Waals surface area contributed by atoms with E-state index in [2.05, 4.69) is 20.8 Å². The Hall–Kier alpha value is -3.08. The smallest absolute Gasteiger partial charge is 0.253 e. The summed E-state index contributed by atoms with van der Waals surface area (Å²) in [7, 11) is 3.40. The quantitative estimate of drug-likeness (QED) is 0.356. The third-order valence-corrected chi connectivity index (χ3v) is 4.88. The molecule has 33 heavy (non-hydrogen) atoms. The van der Waals surface area contributed by atoms with Crippen molar-refractivity contribution in [2.24, 2.45) is 0 Å². The summed E-state index contributed by atoms with van der Waals surface area (Å²) in [4.78, 5) is 26.4. The number of nitrogens with zero attached hydrogens (tertiary/aromatic N) is 1. The van der Waals surface area contributed by atoms with Gasteiger partial charge in [-0.15, -0.1) is 0 Å². The molecule has 1 amide bonds. The molecule has 5 heteroatoms. The highest BCUT2D eigenvalue weighted by molar-refractivity contribution is 6.07. The number of carbonyl (C=O) groups excluding carboxylic acids is 2. The van der Waals surface area contributed by atoms with E-state index in [1.54, 1.807) is 50.5 Å². The van der Waals surface area contributed by atoms with Crippen molar-refractivity contribution in [1.29, 1.82) is 0 Å². The van der Waals surface area contributed by atoms with Crippen molar-refractivity contribution in [2.45, 2.75) is 66.1 Å². The lowest BCUT2D eigenvalue weighted by Gasteiger charge is -2.26. The zero-order valence-corrected chi connectivity index (χ0v) is 21.4. The molecule has 0 N–H and O–H groups in total. The Morgan fingerprint density at radius 2 is 1.36 bits per heavy atom. The van der Waals surface area contributed by atoms with Gasteiger partial charge < -0.3 is 14.4 Å². The number of hydrogen-bond donors (Lipinski definition) is 0. The number of rotatable bonds is 8. The first kappa shape index (κ1) is 26.2. The summed E-state index contributed by atoms with van der Waals surface area (Å²) in [5.74, 6) is 1.22. The maximum Gasteiger partial charge on any atom is 0.253 e. The van der Waals surface area contributed by atoms with Crippen LogP contribution in [0.5, 0.6) is 11.5 Å². The van der Waals surface area contributed by atoms with Crippen LogP contribution in [0.15, 0.2) is 42.5 Å². The first-order valence-corrected chi connectivity index (χ1v) is 11.4. The second-order valence-corrected chi connectivity index (χ2v) is 9.94. The minimum Gasteiger partial charge on any atom is -0.491 e. The molecular weight excluding hydrogens is 414 g/mol. The normalized spacial score (nSPS) is 11.8. The van der Waals surface area contributed by atoms with Crippen molar-refractivity contribution >= 4 is 17.8 Å². The molecule has 0 aliphatic rings. The summed E-state index contributed by atoms with van der Waals surface area (Å²) < 4.78 is 12.1. The highest BCUT2D eigenvalue weighted by atomic mass is 16.5. The van der Waals surface area contributed by atoms with Crippen LogP contribution in [0.1, 0.15) is 80.3 Å². The Morgan fingerprint density at radius 3 is 1.85 bits per heavy atom. The second kappa shape index (κ2) is 10.7. The Morgan fingerprint density at radius 1 is 0.848 bits per heavy atom. The topological polar surface area (TPSA) is 55.8 Å². The molecule has 2 rings (SSSR count). The van der Waals surface area contributed by atoms with E-state index in [1.165, 1.54) is 4.90 Å². The summed E-state index contributed by atoms with van der Waals surface area (Å²) in [6, 6.07) is 10.7. The van der Waals surface area contributed by atoms with Crippen molar-refractivity contribution in [3.8, 4) is 11.5 Å². The van der Waals surface area contributed by atoms with Crippen molar-refractivity contribution in [1.82, 2.24) is 4.90 Å². The van der Waals surface area contributed by atoms with Crippen LogP contribution in [0.2, 0.25) is 0 Å². The van der Waals surface area contributed by atoms with E-state index in [0.29, 0.717) is 16.9 Å². The first-order valence-electron chi connectivity index (χ1n) is 11.4. The third-order valence-electron chi connectivity index (χ3n) is 4.88. The molecule has 5 nitrogen and oxygen atoms in total. The molecule has 0 aliphatic carbocycles. The lowest BCUT2D eigenvalue weighted by molar-refractivity contribution is 0.0827. The van der Waals surface area contributed by atoms with Gasteiger partial charge in [-0.05, 0) is 63.5 Å². The van der Waals surface area contributed by atoms with E-state index >= 15 is 0 Å². The fourth-order valence-electron chi connectivity index (χ4n) is 3.30. The van der Waals surface area contributed by atoms with Crippen LogP contribution in [0.4, 0.5) is 0 Å². The fourth-order valence-corrected chi connectivity index (χ4v) is 3.30. The van der Waals surface area contributed by atoms with Gasteiger partial charge in [-0.3, -0.25) is 9.59 Å². The zero-order valence-electron chi connectivity index (χ0n) is 21.4. The number of allylic oxidation sites excluding steroid dienone is 1. The Bertz CT molecular complexity index is 1010. The molecule has 2 aromatic carbocycles. The SMILES string of the molecule is CC(C)Oc1cc(OC(C)C)c(C(C)(C)C)cc1/C=C/C(=O)c1ccc(C(=O)N(C)C)cc1. The highest BCUT2D eigenvalue weighted by Gasteiger charge is 2.23. The van der Waals surface area contributed by atoms with E-state index in [-0.39, 0.29) is 29.3 Å². The largest absolute Gasteiger partial charge is 0.491 e. The van der Waals surface area contributed by atoms with Crippen LogP contribution in [0, 0.1) is 0 Å². The van der Waals surface area contributed by atoms with Gasteiger partial charge in [0.25, 0.3) is 5.91 Å². The molecule has 0 unspecified atom stereocenters. The second-order valence-electron chi connectivity index (χ2n) is 9.94. The van der Waals surface area contributed by atoms with Gasteiger partial charge in [0.05, 0.1) is 12.2 Å². The summed E-state index contributed by atoms with van der Waals surface area (Å²) in [5, 5.41) is 0. The Balaban J connectivity index is 2.43. The average Bonchev–Trinajstić information content (AvgIpc) is 2.70. The van der Waals surface area contributed by atoms with Gasteiger partial charge in [0, 0.05) is 42.4 Å². The molecule has 0 fully saturated rings. The predicted octanol–water partition coefficient (Wildman–Crippen LogP) is 6.16. The van der Waals surface area contributed by atoms with E-state index in [9.17, 15) is 9.59 Å². The summed E-state index contributed by atoms with van der Waals surface area (Å²) in [5.41, 5.74) is 2.78. The monoisotopic (exact) mass is 451 g/mol. The van der Waals surface area contributed by atoms with Crippen LogP contribution in [0.3, 0.4) is 0 Å². The maximum atomic E-state index is 12.8. The van der Waals surface area contributed by atoms with E-state index in [1.807, 2.05) is 39.8 Å². The molecule has 2 aromatic rings. The van der Waals surface area contributed by atoms with Crippen LogP contribution in [-0.2, 0) is 5.41 Å². The number of benzene rings is 2. The van der Waals surface area contributed by atoms with Gasteiger partial charge in [0.15, 0.2) is 5.78 Å². The Kier molecular flexibility index (Phi) is 8.48. The number of ether oxygens (including phenoxy) is 2. The van der Waals surface area contributed by atoms with Crippen LogP contribution >= 0.6 is 0 Å². The molecule has 0 radical (unpaired) electrons. The van der Waals surface area contributed by atoms with Crippen LogP contribution in [-0.4, -0.2) is 42.9 Å². The third kappa shape index (κ3) is 7.21. The van der Waals surface area contributed by atoms with Crippen molar-refractivity contribution in [3.05, 3.63) is 64.7 Å². The van der Waals surface area contributed by atoms with Crippen molar-refractivity contribution in [2.75, 3.05) is 14.1 Å². The maximum absolute atomic E-state index is 12.8. The van der Waals surface area contributed by atoms with Gasteiger partial charge in [0.2, 0.25) is 0 Å². The van der Waals surface area contributed by atoms with Gasteiger partial charge in [-0.2, -0.15) is 0 Å². The predicted molar refractivity (Wildman–Crippen MR) is 134 cm³/mol. The molecule has 0 saturated carbocycles. The minimum absolute atomic E-state index is 0.0259. The Labute approximate surface area is 198 Å². The number of carbonyl (C=O) groups is 2. The molecule has 0 heterocycles. The lowest BCUT2D eigenvalue weighted by Crippen LogP contribution is -2.21. The molecule has 0 aromatic heterocycles. The summed E-state index contributed by atoms with van der Waals surface area (Å²) in [6.07, 6.45) is 3.33. The fraction of sp³-hybridized carbons (Fsp3) is 0.429. The first-order chi connectivity index (χ1) is 15.3. The van der Waals surface area contributed by atoms with E-state index in [0.717, 1.165) is 16.9 Å². The van der Waals surface area contributed by atoms with Gasteiger partial charge in [-0.1, -0.05) is 32.9 Å². The van der Waals surface area contributed by atoms with Crippen molar-refractivity contribution < 1.29 is 19.1 Å². The summed E-state index contributed by atoms with van der Waals surface area (Å²) >= 11 is 0. The van der Waals surface area contributed by atoms with Crippen LogP contribution in [0.25, 0.3) is 6.08 Å². The number of hydrogen-bond acceptors (Lipinski definition) is 4. The van der Waals surface area contributed by atoms with Gasteiger partial charge in [-0.25, -0.2) is 0 Å². The molecule has 0 bridgehead atoms. The number of ketones is 1. The standard InChI is InChI=1S/C28H37NO4/c1-18(2)32-25-17-26(33-19(3)4)23(28(5,6)7)16-22(25)14-15-24(30)20-10-12-21(13-11-20)27(31)29(8)9/h10-19H,1-9H3/b15-14+. The minimum atomic E-state index is -0.151. The number of amides is 1. The molecule has 178 valence electrons. The highest BCUT2D eigenvalue weighted by Crippen LogP contribution is 2.38. The van der Waals surface area contributed by atoms with Gasteiger partial charge in [0.1, 0.15) is 11.5 Å². The van der Waals surface area contributed by atoms with Gasteiger partial charge >= 0.3 is 0 Å². The average molecular weight is 452 g/mol. The molecule has 0 saturated heterocycles. The zero-order chi connectivity index (χ0) is 24.9. The molecular formula is C28H37NO4. The molecule has 0 atom stereocenters. The molecule has 0 aliphatic heterocycles. The van der Waals surface area contributed by atoms with Crippen molar-refractivity contribution in [3.63, 3.8) is 0 Å². The van der Waals surface area contributed by atoms with Crippen LogP contribution < -0.4 is 9.47 Å². The molecule has 0 spiro atoms. The van der Waals surface area contributed by atoms with E-state index < -0.39 is 0 Å². The van der Waals surface area contributed by atoms with E-state index in [4.69, 9.17) is 9.47 Å². The lowest BCUT2D eigenvalue weighted by atomic mass is 9.85. The summed E-state index contributed by atoms with van der Waals surface area (Å²) in [6.45, 7) is 14.3.